The van der Waals surface area contributed by atoms with Crippen molar-refractivity contribution in [3.8, 4) is 0 Å². The number of hydrogen-bond acceptors (Lipinski definition) is 6. The highest BCUT2D eigenvalue weighted by molar-refractivity contribution is 7.18. The summed E-state index contributed by atoms with van der Waals surface area (Å²) in [5.41, 5.74) is 1.46. The zero-order chi connectivity index (χ0) is 17.4. The van der Waals surface area contributed by atoms with Gasteiger partial charge >= 0.3 is 0 Å². The van der Waals surface area contributed by atoms with Crippen molar-refractivity contribution in [2.75, 3.05) is 0 Å². The molecular weight excluding hydrogens is 340 g/mol. The number of nitro benzene ring substituents is 1. The van der Waals surface area contributed by atoms with E-state index in [9.17, 15) is 14.9 Å². The number of rotatable bonds is 3. The van der Waals surface area contributed by atoms with Gasteiger partial charge in [0.1, 0.15) is 11.2 Å². The first-order valence-electron chi connectivity index (χ1n) is 7.94. The van der Waals surface area contributed by atoms with E-state index in [0.29, 0.717) is 10.9 Å². The van der Waals surface area contributed by atoms with Crippen molar-refractivity contribution in [3.05, 3.63) is 67.1 Å². The minimum absolute atomic E-state index is 0.0169. The highest BCUT2D eigenvalue weighted by Crippen LogP contribution is 2.33. The highest BCUT2D eigenvalue weighted by Gasteiger charge is 2.19. The van der Waals surface area contributed by atoms with Crippen molar-refractivity contribution in [2.24, 2.45) is 5.10 Å². The summed E-state index contributed by atoms with van der Waals surface area (Å²) in [7, 11) is 0. The first-order chi connectivity index (χ1) is 12.1. The summed E-state index contributed by atoms with van der Waals surface area (Å²) >= 11 is 1.59. The fraction of sp³-hybridized carbons (Fsp3) is 0.235. The standard InChI is InChI=1S/C17H14N4O3S/c22-17-15-13-6-1-2-7-14(13)25-16(15)18-10-20(17)19-9-11-4-3-5-12(8-11)21(23)24/h3-5,8-10H,1-2,6-7H2/b19-9+. The van der Waals surface area contributed by atoms with Gasteiger partial charge in [-0.15, -0.1) is 11.3 Å². The second-order valence-electron chi connectivity index (χ2n) is 5.88. The van der Waals surface area contributed by atoms with E-state index >= 15 is 0 Å². The molecule has 0 amide bonds. The van der Waals surface area contributed by atoms with Crippen molar-refractivity contribution >= 4 is 33.5 Å². The van der Waals surface area contributed by atoms with Gasteiger partial charge in [-0.25, -0.2) is 4.98 Å². The lowest BCUT2D eigenvalue weighted by molar-refractivity contribution is -0.384. The molecule has 126 valence electrons. The van der Waals surface area contributed by atoms with E-state index in [1.54, 1.807) is 23.5 Å². The molecule has 0 radical (unpaired) electrons. The van der Waals surface area contributed by atoms with E-state index in [1.807, 2.05) is 0 Å². The molecule has 0 unspecified atom stereocenters. The summed E-state index contributed by atoms with van der Waals surface area (Å²) in [5.74, 6) is 0. The van der Waals surface area contributed by atoms with Gasteiger partial charge in [0.2, 0.25) is 0 Å². The summed E-state index contributed by atoms with van der Waals surface area (Å²) in [6.45, 7) is 0. The van der Waals surface area contributed by atoms with Crippen LogP contribution in [0.3, 0.4) is 0 Å². The molecule has 0 spiro atoms. The van der Waals surface area contributed by atoms with Gasteiger partial charge in [-0.2, -0.15) is 9.78 Å². The number of fused-ring (bicyclic) bond motifs is 3. The Morgan fingerprint density at radius 1 is 1.32 bits per heavy atom. The van der Waals surface area contributed by atoms with Crippen LogP contribution in [0.2, 0.25) is 0 Å². The third kappa shape index (κ3) is 2.85. The van der Waals surface area contributed by atoms with Crippen molar-refractivity contribution in [2.45, 2.75) is 25.7 Å². The molecule has 1 aliphatic carbocycles. The van der Waals surface area contributed by atoms with Crippen LogP contribution in [-0.2, 0) is 12.8 Å². The number of hydrogen-bond donors (Lipinski definition) is 0. The third-order valence-electron chi connectivity index (χ3n) is 4.27. The van der Waals surface area contributed by atoms with Gasteiger partial charge in [0.25, 0.3) is 11.2 Å². The molecule has 2 heterocycles. The van der Waals surface area contributed by atoms with E-state index in [-0.39, 0.29) is 11.2 Å². The Balaban J connectivity index is 1.75. The second kappa shape index (κ2) is 6.21. The van der Waals surface area contributed by atoms with E-state index < -0.39 is 4.92 Å². The maximum Gasteiger partial charge on any atom is 0.282 e. The van der Waals surface area contributed by atoms with Gasteiger partial charge in [0, 0.05) is 22.6 Å². The number of aromatic nitrogens is 2. The van der Waals surface area contributed by atoms with Crippen LogP contribution in [0.1, 0.15) is 28.8 Å². The number of non-ortho nitro benzene ring substituents is 1. The summed E-state index contributed by atoms with van der Waals surface area (Å²) in [5, 5.41) is 15.7. The highest BCUT2D eigenvalue weighted by atomic mass is 32.1. The molecule has 0 atom stereocenters. The number of benzene rings is 1. The first-order valence-corrected chi connectivity index (χ1v) is 8.76. The number of nitrogens with zero attached hydrogens (tertiary/aromatic N) is 4. The molecule has 0 fully saturated rings. The minimum atomic E-state index is -0.464. The van der Waals surface area contributed by atoms with Gasteiger partial charge < -0.3 is 0 Å². The molecule has 0 bridgehead atoms. The van der Waals surface area contributed by atoms with E-state index in [1.165, 1.54) is 34.2 Å². The fourth-order valence-electron chi connectivity index (χ4n) is 3.07. The molecule has 8 heteroatoms. The SMILES string of the molecule is O=c1c2c3c(sc2ncn1/N=C/c1cccc([N+](=O)[O-])c1)CCCC3. The molecule has 4 rings (SSSR count). The van der Waals surface area contributed by atoms with Crippen LogP contribution in [0.4, 0.5) is 5.69 Å². The zero-order valence-electron chi connectivity index (χ0n) is 13.2. The van der Waals surface area contributed by atoms with Crippen LogP contribution >= 0.6 is 11.3 Å². The maximum absolute atomic E-state index is 12.8. The minimum Gasteiger partial charge on any atom is -0.267 e. The van der Waals surface area contributed by atoms with Crippen molar-refractivity contribution in [3.63, 3.8) is 0 Å². The van der Waals surface area contributed by atoms with E-state index in [0.717, 1.165) is 36.1 Å². The Labute approximate surface area is 146 Å². The fourth-order valence-corrected chi connectivity index (χ4v) is 4.29. The number of thiophene rings is 1. The molecule has 1 aliphatic rings. The van der Waals surface area contributed by atoms with Gasteiger partial charge in [-0.1, -0.05) is 12.1 Å². The van der Waals surface area contributed by atoms with Crippen LogP contribution in [-0.4, -0.2) is 20.8 Å². The Hall–Kier alpha value is -2.87. The van der Waals surface area contributed by atoms with Crippen LogP contribution in [0.25, 0.3) is 10.2 Å². The van der Waals surface area contributed by atoms with Gasteiger partial charge in [0.05, 0.1) is 16.5 Å². The summed E-state index contributed by atoms with van der Waals surface area (Å²) in [6.07, 6.45) is 6.99. The average molecular weight is 354 g/mol. The van der Waals surface area contributed by atoms with Gasteiger partial charge in [0.15, 0.2) is 0 Å². The van der Waals surface area contributed by atoms with E-state index in [4.69, 9.17) is 0 Å². The number of nitro groups is 1. The van der Waals surface area contributed by atoms with Crippen LogP contribution in [0, 0.1) is 10.1 Å². The summed E-state index contributed by atoms with van der Waals surface area (Å²) < 4.78 is 1.20. The molecule has 3 aromatic rings. The predicted molar refractivity (Wildman–Crippen MR) is 96.6 cm³/mol. The Morgan fingerprint density at radius 2 is 2.16 bits per heavy atom. The summed E-state index contributed by atoms with van der Waals surface area (Å²) in [6, 6.07) is 6.10. The monoisotopic (exact) mass is 354 g/mol. The van der Waals surface area contributed by atoms with Gasteiger partial charge in [-0.3, -0.25) is 14.9 Å². The molecular formula is C17H14N4O3S. The molecule has 0 N–H and O–H groups in total. The topological polar surface area (TPSA) is 90.4 Å². The molecule has 25 heavy (non-hydrogen) atoms. The quantitative estimate of drug-likeness (QED) is 0.410. The predicted octanol–water partition coefficient (Wildman–Crippen LogP) is 3.13. The largest absolute Gasteiger partial charge is 0.282 e. The van der Waals surface area contributed by atoms with Crippen LogP contribution < -0.4 is 5.56 Å². The molecule has 7 nitrogen and oxygen atoms in total. The molecule has 0 saturated carbocycles. The Bertz CT molecular complexity index is 1070. The van der Waals surface area contributed by atoms with Crippen molar-refractivity contribution in [1.29, 1.82) is 0 Å². The average Bonchev–Trinajstić information content (AvgIpc) is 3.00. The lowest BCUT2D eigenvalue weighted by Gasteiger charge is -2.09. The number of aryl methyl sites for hydroxylation is 2. The zero-order valence-corrected chi connectivity index (χ0v) is 14.0. The smallest absolute Gasteiger partial charge is 0.267 e. The first kappa shape index (κ1) is 15.6. The maximum atomic E-state index is 12.8. The Morgan fingerprint density at radius 3 is 3.00 bits per heavy atom. The lowest BCUT2D eigenvalue weighted by Crippen LogP contribution is -2.18. The van der Waals surface area contributed by atoms with E-state index in [2.05, 4.69) is 10.1 Å². The molecule has 0 saturated heterocycles. The lowest BCUT2D eigenvalue weighted by atomic mass is 9.97. The molecule has 0 aliphatic heterocycles. The molecule has 2 aromatic heterocycles. The van der Waals surface area contributed by atoms with Crippen LogP contribution in [0.15, 0.2) is 40.5 Å². The summed E-state index contributed by atoms with van der Waals surface area (Å²) in [4.78, 5) is 29.5. The van der Waals surface area contributed by atoms with Crippen LogP contribution in [0.5, 0.6) is 0 Å². The second-order valence-corrected chi connectivity index (χ2v) is 6.97. The van der Waals surface area contributed by atoms with Crippen molar-refractivity contribution in [1.82, 2.24) is 9.66 Å². The van der Waals surface area contributed by atoms with Gasteiger partial charge in [-0.05, 0) is 31.2 Å². The van der Waals surface area contributed by atoms with Crippen molar-refractivity contribution < 1.29 is 4.92 Å². The normalized spacial score (nSPS) is 14.1. The molecule has 1 aromatic carbocycles. The third-order valence-corrected chi connectivity index (χ3v) is 5.47. The Kier molecular flexibility index (Phi) is 3.89.